The van der Waals surface area contributed by atoms with Gasteiger partial charge in [-0.3, -0.25) is 13.9 Å². The molecule has 0 saturated carbocycles. The number of hydrogen-bond donors (Lipinski definition) is 1. The largest absolute Gasteiger partial charge is 0.354 e. The summed E-state index contributed by atoms with van der Waals surface area (Å²) in [4.78, 5) is 28.0. The third-order valence-corrected chi connectivity index (χ3v) is 7.50. The van der Waals surface area contributed by atoms with Crippen LogP contribution >= 0.6 is 0 Å². The zero-order valence-electron chi connectivity index (χ0n) is 22.5. The van der Waals surface area contributed by atoms with E-state index in [0.717, 1.165) is 28.7 Å². The average molecular weight is 516 g/mol. The number of hydrogen-bond acceptors (Lipinski definition) is 4. The molecule has 2 amide bonds. The van der Waals surface area contributed by atoms with Gasteiger partial charge in [-0.1, -0.05) is 49.7 Å². The molecular weight excluding hydrogens is 474 g/mol. The zero-order chi connectivity index (χ0) is 26.9. The zero-order valence-corrected chi connectivity index (χ0v) is 23.3. The smallest absolute Gasteiger partial charge is 0.242 e. The maximum Gasteiger partial charge on any atom is 0.242 e. The van der Waals surface area contributed by atoms with Gasteiger partial charge in [0.2, 0.25) is 21.8 Å². The summed E-state index contributed by atoms with van der Waals surface area (Å²) >= 11 is 0. The normalized spacial score (nSPS) is 12.2. The molecule has 1 N–H and O–H groups in total. The first-order valence-corrected chi connectivity index (χ1v) is 14.5. The molecular formula is C28H41N3O4S. The fraction of sp³-hybridized carbons (Fsp3) is 0.500. The van der Waals surface area contributed by atoms with Gasteiger partial charge in [-0.15, -0.1) is 0 Å². The molecule has 0 aliphatic heterocycles. The lowest BCUT2D eigenvalue weighted by Crippen LogP contribution is -2.49. The molecule has 0 aliphatic rings. The van der Waals surface area contributed by atoms with Crippen molar-refractivity contribution in [2.75, 3.05) is 23.7 Å². The molecule has 7 nitrogen and oxygen atoms in total. The molecule has 0 bridgehead atoms. The number of amides is 2. The minimum atomic E-state index is -3.52. The van der Waals surface area contributed by atoms with Crippen LogP contribution < -0.4 is 9.62 Å². The van der Waals surface area contributed by atoms with Crippen molar-refractivity contribution in [1.82, 2.24) is 10.2 Å². The lowest BCUT2D eigenvalue weighted by molar-refractivity contribution is -0.141. The van der Waals surface area contributed by atoms with Crippen LogP contribution in [0.1, 0.15) is 61.8 Å². The number of nitrogens with zero attached hydrogens (tertiary/aromatic N) is 2. The van der Waals surface area contributed by atoms with Crippen molar-refractivity contribution in [2.45, 2.75) is 72.9 Å². The minimum Gasteiger partial charge on any atom is -0.354 e. The second-order valence-electron chi connectivity index (χ2n) is 9.43. The Labute approximate surface area is 216 Å². The highest BCUT2D eigenvalue weighted by Gasteiger charge is 2.28. The van der Waals surface area contributed by atoms with Crippen molar-refractivity contribution in [3.8, 4) is 0 Å². The van der Waals surface area contributed by atoms with E-state index in [9.17, 15) is 18.0 Å². The summed E-state index contributed by atoms with van der Waals surface area (Å²) in [5, 5.41) is 2.92. The highest BCUT2D eigenvalue weighted by molar-refractivity contribution is 7.92. The van der Waals surface area contributed by atoms with Crippen LogP contribution in [-0.2, 0) is 26.2 Å². The van der Waals surface area contributed by atoms with E-state index in [2.05, 4.69) is 5.32 Å². The number of sulfonamides is 1. The van der Waals surface area contributed by atoms with Crippen molar-refractivity contribution in [2.24, 2.45) is 0 Å². The van der Waals surface area contributed by atoms with Crippen LogP contribution in [0.25, 0.3) is 0 Å². The third kappa shape index (κ3) is 8.36. The highest BCUT2D eigenvalue weighted by atomic mass is 32.2. The molecule has 0 aromatic heterocycles. The summed E-state index contributed by atoms with van der Waals surface area (Å²) < 4.78 is 26.4. The van der Waals surface area contributed by atoms with Crippen LogP contribution in [0.15, 0.2) is 42.5 Å². The van der Waals surface area contributed by atoms with E-state index < -0.39 is 16.1 Å². The third-order valence-electron chi connectivity index (χ3n) is 6.30. The number of aryl methyl sites for hydroxylation is 3. The van der Waals surface area contributed by atoms with Gasteiger partial charge in [0.15, 0.2) is 0 Å². The Kier molecular flexibility index (Phi) is 11.0. The molecule has 2 rings (SSSR count). The topological polar surface area (TPSA) is 86.8 Å². The van der Waals surface area contributed by atoms with Crippen LogP contribution in [0, 0.1) is 20.8 Å². The summed E-state index contributed by atoms with van der Waals surface area (Å²) in [5.74, 6) is -0.322. The molecule has 0 radical (unpaired) electrons. The molecule has 0 spiro atoms. The van der Waals surface area contributed by atoms with Crippen molar-refractivity contribution >= 4 is 27.5 Å². The standard InChI is InChI=1S/C28H41N3O4S/c1-7-16-29-28(33)26(8-2)30(20-24-12-9-11-21(3)18-24)27(32)13-10-17-31(36(6,34)35)25-15-14-22(4)23(5)19-25/h9,11-12,14-15,18-19,26H,7-8,10,13,16-17,20H2,1-6H3,(H,29,33)/t26-/m1/s1. The maximum atomic E-state index is 13.5. The Hall–Kier alpha value is -2.87. The Morgan fingerprint density at radius 2 is 1.72 bits per heavy atom. The number of rotatable bonds is 13. The van der Waals surface area contributed by atoms with E-state index in [1.54, 1.807) is 11.0 Å². The molecule has 0 aliphatic carbocycles. The predicted octanol–water partition coefficient (Wildman–Crippen LogP) is 4.49. The lowest BCUT2D eigenvalue weighted by atomic mass is 10.1. The first-order valence-electron chi connectivity index (χ1n) is 12.7. The molecule has 1 atom stereocenters. The van der Waals surface area contributed by atoms with Gasteiger partial charge < -0.3 is 10.2 Å². The van der Waals surface area contributed by atoms with Gasteiger partial charge in [0.1, 0.15) is 6.04 Å². The first kappa shape index (κ1) is 29.4. The quantitative estimate of drug-likeness (QED) is 0.426. The van der Waals surface area contributed by atoms with Crippen molar-refractivity contribution in [1.29, 1.82) is 0 Å². The van der Waals surface area contributed by atoms with Crippen molar-refractivity contribution < 1.29 is 18.0 Å². The number of carbonyl (C=O) groups excluding carboxylic acids is 2. The van der Waals surface area contributed by atoms with Crippen molar-refractivity contribution in [3.63, 3.8) is 0 Å². The Bertz CT molecular complexity index is 1150. The molecule has 198 valence electrons. The summed E-state index contributed by atoms with van der Waals surface area (Å²) in [7, 11) is -3.52. The monoisotopic (exact) mass is 515 g/mol. The van der Waals surface area contributed by atoms with Crippen LogP contribution in [0.3, 0.4) is 0 Å². The van der Waals surface area contributed by atoms with E-state index in [1.807, 2.05) is 71.0 Å². The van der Waals surface area contributed by atoms with Gasteiger partial charge in [-0.25, -0.2) is 8.42 Å². The molecule has 0 heterocycles. The fourth-order valence-corrected chi connectivity index (χ4v) is 5.13. The summed E-state index contributed by atoms with van der Waals surface area (Å²) in [5.41, 5.74) is 4.72. The summed E-state index contributed by atoms with van der Waals surface area (Å²) in [6.07, 6.45) is 2.97. The number of benzene rings is 2. The Morgan fingerprint density at radius 3 is 2.31 bits per heavy atom. The van der Waals surface area contributed by atoms with Gasteiger partial charge in [0.25, 0.3) is 0 Å². The molecule has 8 heteroatoms. The highest BCUT2D eigenvalue weighted by Crippen LogP contribution is 2.22. The molecule has 2 aromatic carbocycles. The fourth-order valence-electron chi connectivity index (χ4n) is 4.18. The SMILES string of the molecule is CCCNC(=O)[C@@H](CC)N(Cc1cccc(C)c1)C(=O)CCCN(c1ccc(C)c(C)c1)S(C)(=O)=O. The second kappa shape index (κ2) is 13.4. The van der Waals surface area contributed by atoms with Crippen LogP contribution in [-0.4, -0.2) is 50.5 Å². The molecule has 0 saturated heterocycles. The van der Waals surface area contributed by atoms with Gasteiger partial charge >= 0.3 is 0 Å². The van der Waals surface area contributed by atoms with E-state index in [-0.39, 0.29) is 24.8 Å². The number of nitrogens with one attached hydrogen (secondary N) is 1. The van der Waals surface area contributed by atoms with Crippen LogP contribution in [0.5, 0.6) is 0 Å². The number of anilines is 1. The van der Waals surface area contributed by atoms with Gasteiger partial charge in [0.05, 0.1) is 11.9 Å². The number of carbonyl (C=O) groups is 2. The van der Waals surface area contributed by atoms with E-state index >= 15 is 0 Å². The Morgan fingerprint density at radius 1 is 1.00 bits per heavy atom. The van der Waals surface area contributed by atoms with Gasteiger partial charge in [-0.05, 0) is 68.9 Å². The molecule has 0 unspecified atom stereocenters. The predicted molar refractivity (Wildman–Crippen MR) is 146 cm³/mol. The van der Waals surface area contributed by atoms with Gasteiger partial charge in [-0.2, -0.15) is 0 Å². The van der Waals surface area contributed by atoms with E-state index in [0.29, 0.717) is 31.6 Å². The summed E-state index contributed by atoms with van der Waals surface area (Å²) in [6, 6.07) is 12.9. The Balaban J connectivity index is 2.22. The lowest BCUT2D eigenvalue weighted by Gasteiger charge is -2.31. The second-order valence-corrected chi connectivity index (χ2v) is 11.3. The molecule has 2 aromatic rings. The van der Waals surface area contributed by atoms with Crippen molar-refractivity contribution in [3.05, 3.63) is 64.7 Å². The van der Waals surface area contributed by atoms with Crippen LogP contribution in [0.2, 0.25) is 0 Å². The minimum absolute atomic E-state index is 0.139. The first-order chi connectivity index (χ1) is 17.0. The maximum absolute atomic E-state index is 13.5. The van der Waals surface area contributed by atoms with E-state index in [4.69, 9.17) is 0 Å². The van der Waals surface area contributed by atoms with E-state index in [1.165, 1.54) is 10.6 Å². The average Bonchev–Trinajstić information content (AvgIpc) is 2.81. The van der Waals surface area contributed by atoms with Gasteiger partial charge in [0, 0.05) is 26.1 Å². The van der Waals surface area contributed by atoms with Crippen LogP contribution in [0.4, 0.5) is 5.69 Å². The summed E-state index contributed by atoms with van der Waals surface area (Å²) in [6.45, 7) is 10.9. The molecule has 0 fully saturated rings. The molecule has 36 heavy (non-hydrogen) atoms.